The van der Waals surface area contributed by atoms with Gasteiger partial charge in [-0.3, -0.25) is 0 Å². The maximum Gasteiger partial charge on any atom is 0.122 e. The zero-order chi connectivity index (χ0) is 12.6. The second kappa shape index (κ2) is 4.53. The first-order valence-electron chi connectivity index (χ1n) is 6.35. The highest BCUT2D eigenvalue weighted by Gasteiger charge is 2.51. The van der Waals surface area contributed by atoms with Crippen molar-refractivity contribution in [2.75, 3.05) is 0 Å². The van der Waals surface area contributed by atoms with Crippen LogP contribution in [0.25, 0.3) is 0 Å². The van der Waals surface area contributed by atoms with E-state index in [1.807, 2.05) is 0 Å². The first-order valence-corrected chi connectivity index (χ1v) is 6.79. The van der Waals surface area contributed by atoms with Gasteiger partial charge in [0.2, 0.25) is 0 Å². The molecule has 3 atom stereocenters. The van der Waals surface area contributed by atoms with Gasteiger partial charge in [0.05, 0.1) is 0 Å². The highest BCUT2D eigenvalue weighted by atomic mass is 35.5. The number of halogens is 1. The Bertz CT molecular complexity index is 415. The molecule has 0 bridgehead atoms. The predicted molar refractivity (Wildman–Crippen MR) is 73.0 cm³/mol. The second-order valence-corrected chi connectivity index (χ2v) is 5.96. The third kappa shape index (κ3) is 2.18. The Labute approximate surface area is 109 Å². The maximum atomic E-state index is 6.31. The van der Waals surface area contributed by atoms with Crippen LogP contribution < -0.4 is 4.74 Å². The summed E-state index contributed by atoms with van der Waals surface area (Å²) in [7, 11) is 0. The zero-order valence-corrected chi connectivity index (χ0v) is 11.8. The van der Waals surface area contributed by atoms with Crippen molar-refractivity contribution in [1.29, 1.82) is 0 Å². The van der Waals surface area contributed by atoms with Crippen LogP contribution in [0, 0.1) is 19.3 Å². The first-order chi connectivity index (χ1) is 7.97. The van der Waals surface area contributed by atoms with Crippen molar-refractivity contribution >= 4 is 11.6 Å². The largest absolute Gasteiger partial charge is 0.489 e. The van der Waals surface area contributed by atoms with E-state index >= 15 is 0 Å². The molecule has 0 heterocycles. The van der Waals surface area contributed by atoms with E-state index in [1.165, 1.54) is 11.1 Å². The Balaban J connectivity index is 2.14. The Morgan fingerprint density at radius 1 is 1.41 bits per heavy atom. The van der Waals surface area contributed by atoms with Crippen LogP contribution in [-0.4, -0.2) is 11.5 Å². The van der Waals surface area contributed by atoms with Crippen LogP contribution >= 0.6 is 11.6 Å². The van der Waals surface area contributed by atoms with Crippen molar-refractivity contribution < 1.29 is 4.74 Å². The van der Waals surface area contributed by atoms with Gasteiger partial charge in [-0.05, 0) is 37.5 Å². The van der Waals surface area contributed by atoms with Gasteiger partial charge in [0, 0.05) is 17.2 Å². The highest BCUT2D eigenvalue weighted by molar-refractivity contribution is 6.21. The number of benzene rings is 1. The van der Waals surface area contributed by atoms with Crippen molar-refractivity contribution in [2.24, 2.45) is 5.41 Å². The van der Waals surface area contributed by atoms with Gasteiger partial charge in [0.25, 0.3) is 0 Å². The number of alkyl halides is 1. The van der Waals surface area contributed by atoms with Gasteiger partial charge < -0.3 is 4.74 Å². The van der Waals surface area contributed by atoms with Crippen molar-refractivity contribution in [3.63, 3.8) is 0 Å². The van der Waals surface area contributed by atoms with Gasteiger partial charge in [-0.25, -0.2) is 0 Å². The molecule has 0 amide bonds. The number of ether oxygens (including phenoxy) is 1. The van der Waals surface area contributed by atoms with Gasteiger partial charge >= 0.3 is 0 Å². The number of rotatable bonds is 3. The van der Waals surface area contributed by atoms with E-state index in [2.05, 4.69) is 45.9 Å². The third-order valence-electron chi connectivity index (χ3n) is 4.25. The Kier molecular flexibility index (Phi) is 3.40. The van der Waals surface area contributed by atoms with Crippen LogP contribution in [0.3, 0.4) is 0 Å². The summed E-state index contributed by atoms with van der Waals surface area (Å²) in [5, 5.41) is 0.252. The summed E-state index contributed by atoms with van der Waals surface area (Å²) < 4.78 is 6.15. The van der Waals surface area contributed by atoms with Crippen molar-refractivity contribution in [3.8, 4) is 5.75 Å². The van der Waals surface area contributed by atoms with Gasteiger partial charge in [0.15, 0.2) is 0 Å². The monoisotopic (exact) mass is 252 g/mol. The quantitative estimate of drug-likeness (QED) is 0.721. The molecule has 0 radical (unpaired) electrons. The fraction of sp³-hybridized carbons (Fsp3) is 0.600. The van der Waals surface area contributed by atoms with E-state index < -0.39 is 0 Å². The molecule has 17 heavy (non-hydrogen) atoms. The minimum atomic E-state index is 0.123. The molecular formula is C15H21ClO. The Morgan fingerprint density at radius 3 is 2.71 bits per heavy atom. The van der Waals surface area contributed by atoms with Gasteiger partial charge in [-0.1, -0.05) is 26.0 Å². The molecule has 0 saturated heterocycles. The van der Waals surface area contributed by atoms with Crippen LogP contribution in [0.4, 0.5) is 0 Å². The van der Waals surface area contributed by atoms with Crippen LogP contribution in [0.15, 0.2) is 18.2 Å². The zero-order valence-electron chi connectivity index (χ0n) is 11.1. The van der Waals surface area contributed by atoms with Gasteiger partial charge in [-0.2, -0.15) is 0 Å². The van der Waals surface area contributed by atoms with Crippen LogP contribution in [0.1, 0.15) is 37.8 Å². The summed E-state index contributed by atoms with van der Waals surface area (Å²) in [6.07, 6.45) is 2.28. The molecule has 2 rings (SSSR count). The van der Waals surface area contributed by atoms with E-state index in [1.54, 1.807) is 0 Å². The number of aryl methyl sites for hydroxylation is 2. The molecular weight excluding hydrogens is 232 g/mol. The summed E-state index contributed by atoms with van der Waals surface area (Å²) in [5.74, 6) is 1.01. The lowest BCUT2D eigenvalue weighted by Crippen LogP contribution is -2.55. The maximum absolute atomic E-state index is 6.31. The average Bonchev–Trinajstić information content (AvgIpc) is 2.32. The summed E-state index contributed by atoms with van der Waals surface area (Å²) in [5.41, 5.74) is 2.57. The molecule has 0 spiro atoms. The van der Waals surface area contributed by atoms with Crippen molar-refractivity contribution in [1.82, 2.24) is 0 Å². The van der Waals surface area contributed by atoms with E-state index in [4.69, 9.17) is 16.3 Å². The lowest BCUT2D eigenvalue weighted by Gasteiger charge is -2.50. The minimum Gasteiger partial charge on any atom is -0.489 e. The Hall–Kier alpha value is -0.690. The van der Waals surface area contributed by atoms with E-state index in [0.717, 1.165) is 18.6 Å². The van der Waals surface area contributed by atoms with Crippen LogP contribution in [0.5, 0.6) is 5.75 Å². The van der Waals surface area contributed by atoms with Gasteiger partial charge in [0.1, 0.15) is 11.9 Å². The molecule has 3 unspecified atom stereocenters. The summed E-state index contributed by atoms with van der Waals surface area (Å²) in [6, 6.07) is 6.35. The van der Waals surface area contributed by atoms with Crippen LogP contribution in [0.2, 0.25) is 0 Å². The Morgan fingerprint density at radius 2 is 2.12 bits per heavy atom. The summed E-state index contributed by atoms with van der Waals surface area (Å²) in [4.78, 5) is 0. The highest BCUT2D eigenvalue weighted by Crippen LogP contribution is 2.49. The minimum absolute atomic E-state index is 0.123. The topological polar surface area (TPSA) is 9.23 Å². The molecule has 1 aromatic carbocycles. The molecule has 0 aliphatic heterocycles. The summed E-state index contributed by atoms with van der Waals surface area (Å²) >= 11 is 6.31. The third-order valence-corrected chi connectivity index (χ3v) is 4.92. The number of hydrogen-bond acceptors (Lipinski definition) is 1. The molecule has 1 nitrogen and oxygen atoms in total. The normalized spacial score (nSPS) is 32.1. The molecule has 1 aliphatic rings. The second-order valence-electron chi connectivity index (χ2n) is 5.44. The average molecular weight is 253 g/mol. The van der Waals surface area contributed by atoms with E-state index in [9.17, 15) is 0 Å². The van der Waals surface area contributed by atoms with Crippen molar-refractivity contribution in [2.45, 2.75) is 52.0 Å². The smallest absolute Gasteiger partial charge is 0.122 e. The molecule has 1 fully saturated rings. The lowest BCUT2D eigenvalue weighted by atomic mass is 9.65. The SMILES string of the molecule is CCC1(C)C(Cl)CC1Oc1cc(C)ccc1C. The van der Waals surface area contributed by atoms with E-state index in [0.29, 0.717) is 0 Å². The van der Waals surface area contributed by atoms with E-state index in [-0.39, 0.29) is 16.9 Å². The van der Waals surface area contributed by atoms with Crippen LogP contribution in [-0.2, 0) is 0 Å². The van der Waals surface area contributed by atoms with Gasteiger partial charge in [-0.15, -0.1) is 11.6 Å². The molecule has 1 saturated carbocycles. The molecule has 2 heteroatoms. The number of hydrogen-bond donors (Lipinski definition) is 0. The standard InChI is InChI=1S/C15H21ClO/c1-5-15(4)13(16)9-14(15)17-12-8-10(2)6-7-11(12)3/h6-8,13-14H,5,9H2,1-4H3. The molecule has 0 N–H and O–H groups in total. The van der Waals surface area contributed by atoms with Crippen molar-refractivity contribution in [3.05, 3.63) is 29.3 Å². The summed E-state index contributed by atoms with van der Waals surface area (Å²) in [6.45, 7) is 8.60. The molecule has 94 valence electrons. The molecule has 0 aromatic heterocycles. The molecule has 1 aliphatic carbocycles. The fourth-order valence-electron chi connectivity index (χ4n) is 2.39. The fourth-order valence-corrected chi connectivity index (χ4v) is 2.84. The molecule has 1 aromatic rings. The first kappa shape index (κ1) is 12.8. The predicted octanol–water partition coefficient (Wildman–Crippen LogP) is 4.48. The lowest BCUT2D eigenvalue weighted by molar-refractivity contribution is -0.0298.